The van der Waals surface area contributed by atoms with Gasteiger partial charge in [0.25, 0.3) is 0 Å². The summed E-state index contributed by atoms with van der Waals surface area (Å²) < 4.78 is 5.47. The second-order valence-corrected chi connectivity index (χ2v) is 6.51. The van der Waals surface area contributed by atoms with Crippen molar-refractivity contribution < 1.29 is 14.9 Å². The highest BCUT2D eigenvalue weighted by atomic mass is 16.6. The van der Waals surface area contributed by atoms with Crippen LogP contribution in [0.15, 0.2) is 54.6 Å². The first kappa shape index (κ1) is 20.4. The molecule has 0 amide bonds. The first-order chi connectivity index (χ1) is 12.7. The first-order valence-electron chi connectivity index (χ1n) is 9.43. The summed E-state index contributed by atoms with van der Waals surface area (Å²) in [5.41, 5.74) is 1.43. The Hall–Kier alpha value is -1.88. The molecular weight excluding hydrogens is 326 g/mol. The van der Waals surface area contributed by atoms with Crippen molar-refractivity contribution in [1.29, 1.82) is 0 Å². The van der Waals surface area contributed by atoms with Gasteiger partial charge in [-0.2, -0.15) is 0 Å². The predicted octanol–water partition coefficient (Wildman–Crippen LogP) is 3.42. The van der Waals surface area contributed by atoms with Gasteiger partial charge in [-0.25, -0.2) is 0 Å². The van der Waals surface area contributed by atoms with Crippen LogP contribution in [-0.4, -0.2) is 48.1 Å². The molecule has 1 unspecified atom stereocenters. The topological polar surface area (TPSA) is 52.9 Å². The number of nitrogens with zero attached hydrogens (tertiary/aromatic N) is 1. The molecule has 0 fully saturated rings. The molecule has 0 radical (unpaired) electrons. The molecule has 0 aliphatic rings. The molecule has 2 rings (SSSR count). The zero-order chi connectivity index (χ0) is 18.8. The highest BCUT2D eigenvalue weighted by molar-refractivity contribution is 5.47. The number of aliphatic hydroxyl groups is 2. The molecule has 1 atom stereocenters. The molecular formula is C22H31NO3. The Kier molecular flexibility index (Phi) is 8.10. The van der Waals surface area contributed by atoms with Crippen LogP contribution in [0.25, 0.3) is 0 Å². The molecule has 2 N–H and O–H groups in total. The Morgan fingerprint density at radius 1 is 0.923 bits per heavy atom. The van der Waals surface area contributed by atoms with Crippen molar-refractivity contribution in [3.63, 3.8) is 0 Å². The SMILES string of the molecule is CCN(CC)CCCC(CO)(c1ccccc1)c1ccccc1OCO. The third-order valence-corrected chi connectivity index (χ3v) is 5.19. The third-order valence-electron chi connectivity index (χ3n) is 5.19. The Morgan fingerprint density at radius 2 is 1.58 bits per heavy atom. The largest absolute Gasteiger partial charge is 0.467 e. The predicted molar refractivity (Wildman–Crippen MR) is 105 cm³/mol. The van der Waals surface area contributed by atoms with Gasteiger partial charge in [-0.3, -0.25) is 0 Å². The number of para-hydroxylation sites is 1. The molecule has 4 heteroatoms. The van der Waals surface area contributed by atoms with E-state index in [1.54, 1.807) is 0 Å². The fraction of sp³-hybridized carbons (Fsp3) is 0.455. The van der Waals surface area contributed by atoms with E-state index in [0.717, 1.165) is 43.6 Å². The third kappa shape index (κ3) is 4.64. The molecule has 26 heavy (non-hydrogen) atoms. The lowest BCUT2D eigenvalue weighted by atomic mass is 9.71. The van der Waals surface area contributed by atoms with Gasteiger partial charge in [-0.05, 0) is 44.1 Å². The van der Waals surface area contributed by atoms with Crippen LogP contribution in [0, 0.1) is 0 Å². The minimum Gasteiger partial charge on any atom is -0.467 e. The van der Waals surface area contributed by atoms with E-state index in [4.69, 9.17) is 4.74 Å². The summed E-state index contributed by atoms with van der Waals surface area (Å²) in [4.78, 5) is 2.39. The zero-order valence-corrected chi connectivity index (χ0v) is 15.9. The molecule has 4 nitrogen and oxygen atoms in total. The monoisotopic (exact) mass is 357 g/mol. The van der Waals surface area contributed by atoms with E-state index in [2.05, 4.69) is 30.9 Å². The molecule has 0 heterocycles. The lowest BCUT2D eigenvalue weighted by Crippen LogP contribution is -2.34. The second kappa shape index (κ2) is 10.3. The van der Waals surface area contributed by atoms with Crippen molar-refractivity contribution in [2.24, 2.45) is 0 Å². The summed E-state index contributed by atoms with van der Waals surface area (Å²) in [6, 6.07) is 17.8. The summed E-state index contributed by atoms with van der Waals surface area (Å²) in [5, 5.41) is 19.8. The van der Waals surface area contributed by atoms with Crippen LogP contribution >= 0.6 is 0 Å². The van der Waals surface area contributed by atoms with Crippen LogP contribution < -0.4 is 4.74 Å². The van der Waals surface area contributed by atoms with Crippen molar-refractivity contribution in [3.05, 3.63) is 65.7 Å². The molecule has 2 aromatic carbocycles. The fourth-order valence-electron chi connectivity index (χ4n) is 3.65. The van der Waals surface area contributed by atoms with Gasteiger partial charge in [0.15, 0.2) is 6.79 Å². The Balaban J connectivity index is 2.41. The fourth-order valence-corrected chi connectivity index (χ4v) is 3.65. The lowest BCUT2D eigenvalue weighted by Gasteiger charge is -2.35. The molecule has 0 saturated heterocycles. The van der Waals surface area contributed by atoms with E-state index in [-0.39, 0.29) is 13.4 Å². The maximum Gasteiger partial charge on any atom is 0.186 e. The van der Waals surface area contributed by atoms with Gasteiger partial charge in [-0.15, -0.1) is 0 Å². The van der Waals surface area contributed by atoms with Crippen LogP contribution in [0.1, 0.15) is 37.8 Å². The van der Waals surface area contributed by atoms with E-state index in [9.17, 15) is 10.2 Å². The van der Waals surface area contributed by atoms with Crippen molar-refractivity contribution in [2.45, 2.75) is 32.1 Å². The smallest absolute Gasteiger partial charge is 0.186 e. The van der Waals surface area contributed by atoms with Crippen molar-refractivity contribution >= 4 is 0 Å². The molecule has 0 aliphatic carbocycles. The van der Waals surface area contributed by atoms with Gasteiger partial charge in [-0.1, -0.05) is 62.4 Å². The van der Waals surface area contributed by atoms with Crippen molar-refractivity contribution in [3.8, 4) is 5.75 Å². The summed E-state index contributed by atoms with van der Waals surface area (Å²) in [5.74, 6) is 0.621. The van der Waals surface area contributed by atoms with Gasteiger partial charge < -0.3 is 19.8 Å². The van der Waals surface area contributed by atoms with Gasteiger partial charge in [0, 0.05) is 11.0 Å². The van der Waals surface area contributed by atoms with E-state index in [0.29, 0.717) is 5.75 Å². The van der Waals surface area contributed by atoms with Gasteiger partial charge in [0.05, 0.1) is 6.61 Å². The highest BCUT2D eigenvalue weighted by Gasteiger charge is 2.35. The highest BCUT2D eigenvalue weighted by Crippen LogP contribution is 2.41. The molecule has 0 saturated carbocycles. The zero-order valence-electron chi connectivity index (χ0n) is 15.9. The van der Waals surface area contributed by atoms with Gasteiger partial charge in [0.1, 0.15) is 5.75 Å². The van der Waals surface area contributed by atoms with Crippen LogP contribution in [0.5, 0.6) is 5.75 Å². The van der Waals surface area contributed by atoms with Crippen LogP contribution in [-0.2, 0) is 5.41 Å². The van der Waals surface area contributed by atoms with E-state index in [1.165, 1.54) is 0 Å². The van der Waals surface area contributed by atoms with Crippen molar-refractivity contribution in [2.75, 3.05) is 33.0 Å². The van der Waals surface area contributed by atoms with Gasteiger partial charge in [0.2, 0.25) is 0 Å². The molecule has 0 spiro atoms. The normalized spacial score (nSPS) is 13.6. The number of hydrogen-bond donors (Lipinski definition) is 2. The minimum absolute atomic E-state index is 0.0128. The number of hydrogen-bond acceptors (Lipinski definition) is 4. The van der Waals surface area contributed by atoms with Crippen molar-refractivity contribution in [1.82, 2.24) is 4.90 Å². The van der Waals surface area contributed by atoms with Gasteiger partial charge >= 0.3 is 0 Å². The summed E-state index contributed by atoms with van der Waals surface area (Å²) >= 11 is 0. The standard InChI is InChI=1S/C22H31NO3/c1-3-23(4-2)16-10-15-22(17-24,19-11-6-5-7-12-19)20-13-8-9-14-21(20)26-18-25/h5-9,11-14,24-25H,3-4,10,15-18H2,1-2H3. The summed E-state index contributed by atoms with van der Waals surface area (Å²) in [7, 11) is 0. The Labute approximate surface area is 157 Å². The number of benzene rings is 2. The maximum absolute atomic E-state index is 10.5. The Bertz CT molecular complexity index is 643. The van der Waals surface area contributed by atoms with E-state index in [1.807, 2.05) is 42.5 Å². The molecule has 0 aliphatic heterocycles. The van der Waals surface area contributed by atoms with E-state index < -0.39 is 5.41 Å². The first-order valence-corrected chi connectivity index (χ1v) is 9.43. The molecule has 0 aromatic heterocycles. The maximum atomic E-state index is 10.5. The summed E-state index contributed by atoms with van der Waals surface area (Å²) in [6.07, 6.45) is 1.76. The second-order valence-electron chi connectivity index (χ2n) is 6.51. The molecule has 2 aromatic rings. The number of ether oxygens (including phenoxy) is 1. The average Bonchev–Trinajstić information content (AvgIpc) is 2.70. The lowest BCUT2D eigenvalue weighted by molar-refractivity contribution is 0.0946. The average molecular weight is 357 g/mol. The molecule has 0 bridgehead atoms. The quantitative estimate of drug-likeness (QED) is 0.605. The Morgan fingerprint density at radius 3 is 2.19 bits per heavy atom. The number of aliphatic hydroxyl groups excluding tert-OH is 2. The summed E-state index contributed by atoms with van der Waals surface area (Å²) in [6.45, 7) is 6.99. The van der Waals surface area contributed by atoms with Crippen LogP contribution in [0.4, 0.5) is 0 Å². The molecule has 142 valence electrons. The van der Waals surface area contributed by atoms with Crippen LogP contribution in [0.3, 0.4) is 0 Å². The van der Waals surface area contributed by atoms with Crippen LogP contribution in [0.2, 0.25) is 0 Å². The van der Waals surface area contributed by atoms with E-state index >= 15 is 0 Å². The minimum atomic E-state index is -0.555. The number of rotatable bonds is 11.